The van der Waals surface area contributed by atoms with Gasteiger partial charge in [0.25, 0.3) is 5.91 Å². The second-order valence-electron chi connectivity index (χ2n) is 7.06. The summed E-state index contributed by atoms with van der Waals surface area (Å²) in [5.74, 6) is 1.84. The summed E-state index contributed by atoms with van der Waals surface area (Å²) in [6, 6.07) is 5.57. The second kappa shape index (κ2) is 5.85. The van der Waals surface area contributed by atoms with Crippen LogP contribution in [0.25, 0.3) is 21.3 Å². The minimum absolute atomic E-state index is 0.141. The van der Waals surface area contributed by atoms with Gasteiger partial charge in [-0.25, -0.2) is 15.0 Å². The quantitative estimate of drug-likeness (QED) is 0.549. The Hall–Kier alpha value is -2.80. The number of fused-ring (bicyclic) bond motifs is 2. The lowest BCUT2D eigenvalue weighted by Crippen LogP contribution is -2.11. The molecule has 0 radical (unpaired) electrons. The zero-order valence-corrected chi connectivity index (χ0v) is 16.1. The molecule has 0 spiro atoms. The Morgan fingerprint density at radius 2 is 2.00 bits per heavy atom. The number of nitrogens with one attached hydrogen (secondary N) is 1. The summed E-state index contributed by atoms with van der Waals surface area (Å²) >= 11 is 1.40. The van der Waals surface area contributed by atoms with Crippen molar-refractivity contribution >= 4 is 44.2 Å². The molecular weight excluding hydrogens is 360 g/mol. The maximum absolute atomic E-state index is 12.9. The molecule has 0 unspecified atom stereocenters. The number of carbonyl (C=O) groups is 1. The molecule has 3 aromatic heterocycles. The van der Waals surface area contributed by atoms with Gasteiger partial charge in [-0.3, -0.25) is 4.79 Å². The summed E-state index contributed by atoms with van der Waals surface area (Å²) < 4.78 is 5.78. The number of rotatable bonds is 3. The van der Waals surface area contributed by atoms with Crippen LogP contribution in [0, 0.1) is 20.8 Å². The van der Waals surface area contributed by atoms with Crippen molar-refractivity contribution in [1.29, 1.82) is 0 Å². The molecule has 6 nitrogen and oxygen atoms in total. The van der Waals surface area contributed by atoms with E-state index in [-0.39, 0.29) is 5.91 Å². The van der Waals surface area contributed by atoms with Crippen LogP contribution < -0.4 is 5.32 Å². The summed E-state index contributed by atoms with van der Waals surface area (Å²) in [6.45, 7) is 5.76. The number of carbonyl (C=O) groups excluding carboxylic acids is 1. The highest BCUT2D eigenvalue weighted by molar-refractivity contribution is 7.20. The fraction of sp³-hybridized carbons (Fsp3) is 0.300. The van der Waals surface area contributed by atoms with Crippen LogP contribution in [0.1, 0.15) is 51.4 Å². The van der Waals surface area contributed by atoms with Gasteiger partial charge in [0.15, 0.2) is 11.5 Å². The number of nitrogens with zero attached hydrogens (tertiary/aromatic N) is 3. The summed E-state index contributed by atoms with van der Waals surface area (Å²) in [4.78, 5) is 27.8. The summed E-state index contributed by atoms with van der Waals surface area (Å²) in [6.07, 6.45) is 2.28. The third-order valence-electron chi connectivity index (χ3n) is 4.88. The Bertz CT molecular complexity index is 1220. The van der Waals surface area contributed by atoms with Gasteiger partial charge in [0.05, 0.1) is 4.88 Å². The highest BCUT2D eigenvalue weighted by Gasteiger charge is 2.29. The maximum Gasteiger partial charge on any atom is 0.266 e. The van der Waals surface area contributed by atoms with Crippen molar-refractivity contribution < 1.29 is 9.21 Å². The van der Waals surface area contributed by atoms with E-state index in [4.69, 9.17) is 4.42 Å². The van der Waals surface area contributed by atoms with E-state index < -0.39 is 0 Å². The predicted octanol–water partition coefficient (Wildman–Crippen LogP) is 4.89. The molecule has 0 atom stereocenters. The number of hydrogen-bond donors (Lipinski definition) is 1. The number of aryl methyl sites for hydroxylation is 3. The molecule has 7 heteroatoms. The number of anilines is 1. The number of benzene rings is 1. The Labute approximate surface area is 159 Å². The molecule has 0 aliphatic heterocycles. The molecule has 0 saturated heterocycles. The van der Waals surface area contributed by atoms with E-state index in [0.717, 1.165) is 57.1 Å². The van der Waals surface area contributed by atoms with Crippen molar-refractivity contribution in [3.05, 3.63) is 46.0 Å². The van der Waals surface area contributed by atoms with Gasteiger partial charge in [-0.05, 0) is 57.4 Å². The van der Waals surface area contributed by atoms with E-state index in [9.17, 15) is 4.79 Å². The van der Waals surface area contributed by atoms with Crippen LogP contribution in [-0.4, -0.2) is 20.9 Å². The van der Waals surface area contributed by atoms with E-state index >= 15 is 0 Å². The molecule has 4 aromatic rings. The minimum atomic E-state index is -0.141. The Morgan fingerprint density at radius 1 is 1.19 bits per heavy atom. The van der Waals surface area contributed by atoms with E-state index in [2.05, 4.69) is 20.3 Å². The SMILES string of the molecule is Cc1nc(C)c2c(C)c(C(=O)Nc3ccc4oc(C5CC5)nc4c3)sc2n1. The van der Waals surface area contributed by atoms with Gasteiger partial charge in [0, 0.05) is 22.7 Å². The third kappa shape index (κ3) is 2.78. The average Bonchev–Trinajstić information content (AvgIpc) is 3.29. The van der Waals surface area contributed by atoms with Crippen molar-refractivity contribution in [3.63, 3.8) is 0 Å². The van der Waals surface area contributed by atoms with E-state index in [0.29, 0.717) is 16.5 Å². The molecule has 1 aliphatic rings. The monoisotopic (exact) mass is 378 g/mol. The van der Waals surface area contributed by atoms with Crippen LogP contribution in [-0.2, 0) is 0 Å². The first-order valence-electron chi connectivity index (χ1n) is 8.96. The van der Waals surface area contributed by atoms with Crippen LogP contribution >= 0.6 is 11.3 Å². The summed E-state index contributed by atoms with van der Waals surface area (Å²) in [5, 5.41) is 3.95. The molecule has 3 heterocycles. The first kappa shape index (κ1) is 16.4. The fourth-order valence-corrected chi connectivity index (χ4v) is 4.58. The largest absolute Gasteiger partial charge is 0.440 e. The zero-order valence-electron chi connectivity index (χ0n) is 15.3. The molecule has 27 heavy (non-hydrogen) atoms. The highest BCUT2D eigenvalue weighted by Crippen LogP contribution is 2.40. The summed E-state index contributed by atoms with van der Waals surface area (Å²) in [7, 11) is 0. The lowest BCUT2D eigenvalue weighted by atomic mass is 10.1. The van der Waals surface area contributed by atoms with Gasteiger partial charge in [-0.15, -0.1) is 11.3 Å². The number of thiophene rings is 1. The molecule has 1 N–H and O–H groups in total. The number of hydrogen-bond acceptors (Lipinski definition) is 6. The lowest BCUT2D eigenvalue weighted by Gasteiger charge is -2.04. The maximum atomic E-state index is 12.9. The van der Waals surface area contributed by atoms with Crippen LogP contribution in [0.3, 0.4) is 0 Å². The number of amides is 1. The molecular formula is C20H18N4O2S. The van der Waals surface area contributed by atoms with Crippen LogP contribution in [0.15, 0.2) is 22.6 Å². The van der Waals surface area contributed by atoms with Gasteiger partial charge in [0.2, 0.25) is 0 Å². The van der Waals surface area contributed by atoms with E-state index in [1.54, 1.807) is 0 Å². The van der Waals surface area contributed by atoms with Crippen molar-refractivity contribution in [2.75, 3.05) is 5.32 Å². The second-order valence-corrected chi connectivity index (χ2v) is 8.05. The standard InChI is InChI=1S/C20H18N4O2S/c1-9-16-10(2)21-11(3)22-20(16)27-17(9)18(25)23-13-6-7-15-14(8-13)24-19(26-15)12-4-5-12/h6-8,12H,4-5H2,1-3H3,(H,23,25). The first-order valence-corrected chi connectivity index (χ1v) is 9.77. The van der Waals surface area contributed by atoms with Crippen molar-refractivity contribution in [1.82, 2.24) is 15.0 Å². The third-order valence-corrected chi connectivity index (χ3v) is 6.06. The molecule has 136 valence electrons. The van der Waals surface area contributed by atoms with E-state index in [1.807, 2.05) is 39.0 Å². The van der Waals surface area contributed by atoms with Gasteiger partial charge in [-0.2, -0.15) is 0 Å². The van der Waals surface area contributed by atoms with E-state index in [1.165, 1.54) is 11.3 Å². The normalized spacial score (nSPS) is 14.2. The smallest absolute Gasteiger partial charge is 0.266 e. The minimum Gasteiger partial charge on any atom is -0.440 e. The van der Waals surface area contributed by atoms with Crippen LogP contribution in [0.2, 0.25) is 0 Å². The highest BCUT2D eigenvalue weighted by atomic mass is 32.1. The van der Waals surface area contributed by atoms with Gasteiger partial charge < -0.3 is 9.73 Å². The van der Waals surface area contributed by atoms with Gasteiger partial charge in [0.1, 0.15) is 16.2 Å². The molecule has 1 aliphatic carbocycles. The molecule has 1 aromatic carbocycles. The van der Waals surface area contributed by atoms with Crippen LogP contribution in [0.4, 0.5) is 5.69 Å². The predicted molar refractivity (Wildman–Crippen MR) is 106 cm³/mol. The number of oxazole rings is 1. The van der Waals surface area contributed by atoms with Crippen molar-refractivity contribution in [3.8, 4) is 0 Å². The van der Waals surface area contributed by atoms with Crippen molar-refractivity contribution in [2.24, 2.45) is 0 Å². The Balaban J connectivity index is 1.47. The van der Waals surface area contributed by atoms with Gasteiger partial charge >= 0.3 is 0 Å². The molecule has 1 amide bonds. The summed E-state index contributed by atoms with van der Waals surface area (Å²) in [5.41, 5.74) is 4.07. The molecule has 1 saturated carbocycles. The van der Waals surface area contributed by atoms with Crippen molar-refractivity contribution in [2.45, 2.75) is 39.5 Å². The fourth-order valence-electron chi connectivity index (χ4n) is 3.41. The topological polar surface area (TPSA) is 80.9 Å². The Kier molecular flexibility index (Phi) is 3.55. The Morgan fingerprint density at radius 3 is 2.78 bits per heavy atom. The first-order chi connectivity index (χ1) is 13.0. The molecule has 1 fully saturated rings. The average molecular weight is 378 g/mol. The molecule has 0 bridgehead atoms. The zero-order chi connectivity index (χ0) is 18.7. The van der Waals surface area contributed by atoms with Gasteiger partial charge in [-0.1, -0.05) is 0 Å². The lowest BCUT2D eigenvalue weighted by molar-refractivity contribution is 0.103. The number of aromatic nitrogens is 3. The molecule has 5 rings (SSSR count). The van der Waals surface area contributed by atoms with Crippen LogP contribution in [0.5, 0.6) is 0 Å².